The number of benzene rings is 1. The van der Waals surface area contributed by atoms with Gasteiger partial charge >= 0.3 is 5.97 Å². The van der Waals surface area contributed by atoms with Crippen LogP contribution >= 0.6 is 0 Å². The summed E-state index contributed by atoms with van der Waals surface area (Å²) in [5.74, 6) is -2.83. The quantitative estimate of drug-likeness (QED) is 0.216. The summed E-state index contributed by atoms with van der Waals surface area (Å²) in [6.07, 6.45) is -0.272. The highest BCUT2D eigenvalue weighted by Gasteiger charge is 2.34. The standard InChI is InChI=1S/C20H18O9/c21-9-11(22)10-27-5-6-28-17(24)8-15(23)16-7-14-18(25)12-3-1-2-4-13(12)19(26)20(14)29-16/h1-4,7-8,11,21-23H,5-6,9-10H2/b15-8-. The molecule has 0 aliphatic heterocycles. The summed E-state index contributed by atoms with van der Waals surface area (Å²) in [7, 11) is 0. The minimum atomic E-state index is -1.02. The fraction of sp³-hybridized carbons (Fsp3) is 0.250. The molecule has 1 aliphatic rings. The molecule has 0 radical (unpaired) electrons. The van der Waals surface area contributed by atoms with Crippen LogP contribution in [0.1, 0.15) is 37.8 Å². The van der Waals surface area contributed by atoms with E-state index >= 15 is 0 Å². The number of fused-ring (bicyclic) bond motifs is 2. The van der Waals surface area contributed by atoms with E-state index < -0.39 is 36.0 Å². The van der Waals surface area contributed by atoms with Crippen LogP contribution in [0, 0.1) is 0 Å². The fourth-order valence-electron chi connectivity index (χ4n) is 2.70. The number of ether oxygens (including phenoxy) is 2. The molecular weight excluding hydrogens is 384 g/mol. The van der Waals surface area contributed by atoms with Crippen molar-refractivity contribution in [3.05, 3.63) is 64.6 Å². The highest BCUT2D eigenvalue weighted by Crippen LogP contribution is 2.31. The molecular formula is C20H18O9. The lowest BCUT2D eigenvalue weighted by atomic mass is 9.88. The summed E-state index contributed by atoms with van der Waals surface area (Å²) in [6, 6.07) is 7.50. The van der Waals surface area contributed by atoms with Gasteiger partial charge < -0.3 is 29.2 Å². The van der Waals surface area contributed by atoms with Gasteiger partial charge in [-0.25, -0.2) is 4.79 Å². The molecule has 9 nitrogen and oxygen atoms in total. The Morgan fingerprint density at radius 2 is 1.79 bits per heavy atom. The molecule has 9 heteroatoms. The van der Waals surface area contributed by atoms with E-state index in [-0.39, 0.29) is 48.0 Å². The number of furan rings is 1. The van der Waals surface area contributed by atoms with Crippen LogP contribution in [-0.4, -0.2) is 65.4 Å². The maximum absolute atomic E-state index is 12.5. The zero-order valence-electron chi connectivity index (χ0n) is 15.2. The summed E-state index contributed by atoms with van der Waals surface area (Å²) >= 11 is 0. The average Bonchev–Trinajstić information content (AvgIpc) is 3.17. The Labute approximate surface area is 164 Å². The highest BCUT2D eigenvalue weighted by molar-refractivity contribution is 6.27. The third-order valence-electron chi connectivity index (χ3n) is 4.10. The number of ketones is 2. The second-order valence-corrected chi connectivity index (χ2v) is 6.17. The molecule has 3 rings (SSSR count). The summed E-state index contributed by atoms with van der Waals surface area (Å²) in [5.41, 5.74) is 0.458. The van der Waals surface area contributed by atoms with Crippen molar-refractivity contribution in [1.82, 2.24) is 0 Å². The van der Waals surface area contributed by atoms with E-state index in [1.54, 1.807) is 12.1 Å². The predicted molar refractivity (Wildman–Crippen MR) is 97.5 cm³/mol. The van der Waals surface area contributed by atoms with Crippen molar-refractivity contribution in [3.63, 3.8) is 0 Å². The number of carbonyl (C=O) groups is 3. The van der Waals surface area contributed by atoms with Crippen LogP contribution in [0.3, 0.4) is 0 Å². The third-order valence-corrected chi connectivity index (χ3v) is 4.10. The number of rotatable bonds is 8. The van der Waals surface area contributed by atoms with E-state index in [2.05, 4.69) is 0 Å². The van der Waals surface area contributed by atoms with Gasteiger partial charge in [-0.2, -0.15) is 0 Å². The van der Waals surface area contributed by atoms with Crippen LogP contribution in [-0.2, 0) is 14.3 Å². The molecule has 1 aliphatic carbocycles. The Morgan fingerprint density at radius 3 is 2.48 bits per heavy atom. The minimum absolute atomic E-state index is 0.00728. The first-order chi connectivity index (χ1) is 13.9. The van der Waals surface area contributed by atoms with E-state index in [0.717, 1.165) is 6.08 Å². The monoisotopic (exact) mass is 402 g/mol. The summed E-state index contributed by atoms with van der Waals surface area (Å²) in [4.78, 5) is 36.8. The molecule has 1 aromatic carbocycles. The maximum atomic E-state index is 12.5. The third kappa shape index (κ3) is 4.43. The zero-order valence-corrected chi connectivity index (χ0v) is 15.2. The van der Waals surface area contributed by atoms with Crippen LogP contribution in [0.15, 0.2) is 40.8 Å². The van der Waals surface area contributed by atoms with Gasteiger partial charge in [0.15, 0.2) is 23.1 Å². The number of esters is 1. The number of aliphatic hydroxyl groups excluding tert-OH is 3. The van der Waals surface area contributed by atoms with Crippen molar-refractivity contribution >= 4 is 23.3 Å². The minimum Gasteiger partial charge on any atom is -0.504 e. The Kier molecular flexibility index (Phi) is 6.23. The zero-order chi connectivity index (χ0) is 21.0. The first-order valence-electron chi connectivity index (χ1n) is 8.69. The van der Waals surface area contributed by atoms with Gasteiger partial charge in [0.05, 0.1) is 31.5 Å². The second-order valence-electron chi connectivity index (χ2n) is 6.17. The second kappa shape index (κ2) is 8.82. The van der Waals surface area contributed by atoms with Gasteiger partial charge in [0.1, 0.15) is 12.7 Å². The largest absolute Gasteiger partial charge is 0.504 e. The summed E-state index contributed by atoms with van der Waals surface area (Å²) < 4.78 is 15.1. The van der Waals surface area contributed by atoms with E-state index in [1.807, 2.05) is 0 Å². The molecule has 3 N–H and O–H groups in total. The fourth-order valence-corrected chi connectivity index (χ4v) is 2.70. The van der Waals surface area contributed by atoms with Gasteiger partial charge in [0.25, 0.3) is 0 Å². The normalized spacial score (nSPS) is 14.3. The lowest BCUT2D eigenvalue weighted by Crippen LogP contribution is -2.21. The average molecular weight is 402 g/mol. The summed E-state index contributed by atoms with van der Waals surface area (Å²) in [6.45, 7) is -0.730. The van der Waals surface area contributed by atoms with Crippen LogP contribution in [0.2, 0.25) is 0 Å². The highest BCUT2D eigenvalue weighted by atomic mass is 16.6. The SMILES string of the molecule is O=C(/C=C(\O)c1cc2c(o1)C(=O)c1ccccc1C2=O)OCCOCC(O)CO. The molecule has 0 fully saturated rings. The van der Waals surface area contributed by atoms with E-state index in [0.29, 0.717) is 0 Å². The van der Waals surface area contributed by atoms with Crippen molar-refractivity contribution in [1.29, 1.82) is 0 Å². The first-order valence-corrected chi connectivity index (χ1v) is 8.69. The summed E-state index contributed by atoms with van der Waals surface area (Å²) in [5, 5.41) is 27.8. The predicted octanol–water partition coefficient (Wildman–Crippen LogP) is 0.867. The molecule has 2 aromatic rings. The Morgan fingerprint density at radius 1 is 1.10 bits per heavy atom. The van der Waals surface area contributed by atoms with Gasteiger partial charge in [-0.1, -0.05) is 24.3 Å². The van der Waals surface area contributed by atoms with Crippen LogP contribution < -0.4 is 0 Å². The van der Waals surface area contributed by atoms with Crippen molar-refractivity contribution in [2.24, 2.45) is 0 Å². The van der Waals surface area contributed by atoms with Crippen LogP contribution in [0.25, 0.3) is 5.76 Å². The van der Waals surface area contributed by atoms with E-state index in [9.17, 15) is 19.5 Å². The number of carbonyl (C=O) groups excluding carboxylic acids is 3. The van der Waals surface area contributed by atoms with Gasteiger partial charge in [-0.15, -0.1) is 0 Å². The Bertz CT molecular complexity index is 918. The molecule has 29 heavy (non-hydrogen) atoms. The molecule has 0 bridgehead atoms. The van der Waals surface area contributed by atoms with E-state index in [4.69, 9.17) is 24.1 Å². The molecule has 1 aromatic heterocycles. The first kappa shape index (κ1) is 20.5. The number of hydrogen-bond acceptors (Lipinski definition) is 9. The molecule has 0 saturated carbocycles. The molecule has 1 unspecified atom stereocenters. The van der Waals surface area contributed by atoms with Crippen LogP contribution in [0.5, 0.6) is 0 Å². The molecule has 0 saturated heterocycles. The van der Waals surface area contributed by atoms with Crippen molar-refractivity contribution in [2.45, 2.75) is 6.10 Å². The van der Waals surface area contributed by atoms with Gasteiger partial charge in [0, 0.05) is 11.1 Å². The lowest BCUT2D eigenvalue weighted by molar-refractivity contribution is -0.139. The van der Waals surface area contributed by atoms with Gasteiger partial charge in [0.2, 0.25) is 5.78 Å². The van der Waals surface area contributed by atoms with Crippen molar-refractivity contribution in [3.8, 4) is 0 Å². The maximum Gasteiger partial charge on any atom is 0.334 e. The van der Waals surface area contributed by atoms with Gasteiger partial charge in [-0.05, 0) is 6.07 Å². The van der Waals surface area contributed by atoms with Crippen molar-refractivity contribution in [2.75, 3.05) is 26.4 Å². The molecule has 1 atom stereocenters. The smallest absolute Gasteiger partial charge is 0.334 e. The van der Waals surface area contributed by atoms with Crippen molar-refractivity contribution < 1.29 is 43.6 Å². The topological polar surface area (TPSA) is 144 Å². The van der Waals surface area contributed by atoms with Crippen LogP contribution in [0.4, 0.5) is 0 Å². The molecule has 1 heterocycles. The number of aliphatic hydroxyl groups is 3. The Balaban J connectivity index is 1.65. The molecule has 0 amide bonds. The number of hydrogen-bond donors (Lipinski definition) is 3. The molecule has 152 valence electrons. The lowest BCUT2D eigenvalue weighted by Gasteiger charge is -2.11. The molecule has 0 spiro atoms. The van der Waals surface area contributed by atoms with E-state index in [1.165, 1.54) is 18.2 Å². The Hall–Kier alpha value is -3.27. The van der Waals surface area contributed by atoms with Gasteiger partial charge in [-0.3, -0.25) is 9.59 Å².